The van der Waals surface area contributed by atoms with Crippen LogP contribution in [0.1, 0.15) is 30.1 Å². The zero-order valence-corrected chi connectivity index (χ0v) is 19.2. The van der Waals surface area contributed by atoms with E-state index in [2.05, 4.69) is 31.3 Å². The first-order chi connectivity index (χ1) is 14.9. The number of carbonyl (C=O) groups excluding carboxylic acids is 2. The van der Waals surface area contributed by atoms with Gasteiger partial charge < -0.3 is 15.4 Å². The van der Waals surface area contributed by atoms with Gasteiger partial charge in [-0.2, -0.15) is 0 Å². The minimum absolute atomic E-state index is 0.241. The Kier molecular flexibility index (Phi) is 7.69. The van der Waals surface area contributed by atoms with Gasteiger partial charge in [0.15, 0.2) is 0 Å². The van der Waals surface area contributed by atoms with E-state index in [9.17, 15) is 18.0 Å². The third-order valence-electron chi connectivity index (χ3n) is 4.68. The molecule has 1 unspecified atom stereocenters. The largest absolute Gasteiger partial charge is 0.463 e. The molecule has 0 aromatic heterocycles. The molecule has 3 N–H and O–H groups in total. The summed E-state index contributed by atoms with van der Waals surface area (Å²) >= 11 is 3.40. The Hall–Kier alpha value is -2.85. The lowest BCUT2D eigenvalue weighted by molar-refractivity contribution is -0.138. The molecular weight excluding hydrogens is 486 g/mol. The number of thiol groups is 1. The van der Waals surface area contributed by atoms with Gasteiger partial charge in [-0.25, -0.2) is 13.2 Å². The van der Waals surface area contributed by atoms with E-state index in [1.54, 1.807) is 6.92 Å². The van der Waals surface area contributed by atoms with Crippen LogP contribution in [-0.2, 0) is 20.4 Å². The van der Waals surface area contributed by atoms with Gasteiger partial charge in [-0.15, -0.1) is 0 Å². The molecule has 31 heavy (non-hydrogen) atoms. The van der Waals surface area contributed by atoms with E-state index < -0.39 is 22.8 Å². The summed E-state index contributed by atoms with van der Waals surface area (Å²) in [4.78, 5) is 25.3. The number of hydrogen-bond acceptors (Lipinski definition) is 6. The second-order valence-corrected chi connectivity index (χ2v) is 8.41. The number of esters is 1. The molecule has 10 heteroatoms. The molecule has 0 heterocycles. The average Bonchev–Trinajstić information content (AvgIpc) is 3.12. The predicted molar refractivity (Wildman–Crippen MR) is 122 cm³/mol. The second kappa shape index (κ2) is 10.5. The van der Waals surface area contributed by atoms with Crippen LogP contribution in [0, 0.1) is 0 Å². The van der Waals surface area contributed by atoms with E-state index in [0.717, 1.165) is 10.2 Å². The maximum atomic E-state index is 12.8. The Morgan fingerprint density at radius 1 is 1.06 bits per heavy atom. The molecule has 1 amide bonds. The lowest BCUT2D eigenvalue weighted by Gasteiger charge is -2.20. The van der Waals surface area contributed by atoms with Gasteiger partial charge in [0.25, 0.3) is 5.91 Å². The highest BCUT2D eigenvalue weighted by Crippen LogP contribution is 2.29. The van der Waals surface area contributed by atoms with E-state index in [1.165, 1.54) is 24.3 Å². The maximum absolute atomic E-state index is 12.8. The molecule has 0 radical (unpaired) electrons. The number of carbonyl (C=O) groups is 2. The Labute approximate surface area is 190 Å². The third-order valence-corrected chi connectivity index (χ3v) is 5.65. The van der Waals surface area contributed by atoms with Crippen LogP contribution in [0.5, 0.6) is 0 Å². The summed E-state index contributed by atoms with van der Waals surface area (Å²) in [6.07, 6.45) is 1.10. The molecule has 0 aliphatic heterocycles. The molecular formula is C21H22BrN3O5S. The quantitative estimate of drug-likeness (QED) is 0.322. The molecule has 2 aromatic carbocycles. The minimum atomic E-state index is -2.78. The molecule has 0 fully saturated rings. The number of rotatable bonds is 8. The summed E-state index contributed by atoms with van der Waals surface area (Å²) in [6, 6.07) is 13.3. The highest BCUT2D eigenvalue weighted by Gasteiger charge is 2.31. The first kappa shape index (κ1) is 22.8. The first-order valence-electron chi connectivity index (χ1n) is 9.62. The van der Waals surface area contributed by atoms with Crippen molar-refractivity contribution in [1.29, 1.82) is 0 Å². The third kappa shape index (κ3) is 6.08. The van der Waals surface area contributed by atoms with Crippen molar-refractivity contribution < 1.29 is 22.7 Å². The summed E-state index contributed by atoms with van der Waals surface area (Å²) < 4.78 is 29.9. The lowest BCUT2D eigenvalue weighted by atomic mass is 10.1. The van der Waals surface area contributed by atoms with E-state index in [4.69, 9.17) is 4.74 Å². The molecule has 1 atom stereocenters. The van der Waals surface area contributed by atoms with Crippen molar-refractivity contribution in [2.45, 2.75) is 25.8 Å². The van der Waals surface area contributed by atoms with Crippen LogP contribution in [0.15, 0.2) is 64.3 Å². The molecule has 3 rings (SSSR count). The molecule has 0 saturated heterocycles. The Balaban J connectivity index is 1.82. The molecule has 2 aromatic rings. The number of nitrogens with one attached hydrogen (secondary N) is 3. The van der Waals surface area contributed by atoms with E-state index >= 15 is 0 Å². The van der Waals surface area contributed by atoms with E-state index in [-0.39, 0.29) is 12.6 Å². The average molecular weight is 508 g/mol. The number of ether oxygens (including phenoxy) is 1. The molecule has 164 valence electrons. The zero-order chi connectivity index (χ0) is 22.4. The highest BCUT2D eigenvalue weighted by molar-refractivity contribution is 9.10. The number of hydrogen-bond donors (Lipinski definition) is 4. The van der Waals surface area contributed by atoms with Crippen LogP contribution in [0.25, 0.3) is 0 Å². The smallest absolute Gasteiger partial charge is 0.335 e. The Morgan fingerprint density at radius 3 is 2.32 bits per heavy atom. The van der Waals surface area contributed by atoms with Crippen LogP contribution in [0.3, 0.4) is 0 Å². The molecule has 8 nitrogen and oxygen atoms in total. The van der Waals surface area contributed by atoms with Gasteiger partial charge in [-0.05, 0) is 68.3 Å². The van der Waals surface area contributed by atoms with Gasteiger partial charge in [-0.1, -0.05) is 15.9 Å². The van der Waals surface area contributed by atoms with Crippen LogP contribution in [0.2, 0.25) is 0 Å². The van der Waals surface area contributed by atoms with Crippen molar-refractivity contribution in [2.75, 3.05) is 16.6 Å². The van der Waals surface area contributed by atoms with Crippen molar-refractivity contribution >= 4 is 50.1 Å². The van der Waals surface area contributed by atoms with E-state index in [1.807, 2.05) is 24.3 Å². The standard InChI is InChI=1S/C21H22BrN3O5S/c1-2-30-21(27)17-11-12-18(23-15-9-5-14(22)6-10-15)19(17)24-20(26)13-3-7-16(8-4-13)25-31(28)29/h3-10,18,23,31H,2,11-12H2,1H3,(H,24,26)(H,25,28,29). The zero-order valence-electron chi connectivity index (χ0n) is 16.7. The minimum Gasteiger partial charge on any atom is -0.463 e. The normalized spacial score (nSPS) is 15.6. The number of benzene rings is 2. The SMILES string of the molecule is CCOC(=O)C1=C(NC(=O)c2ccc(N[SH](=O)=O)cc2)C(Nc2ccc(Br)cc2)CC1. The fourth-order valence-corrected chi connectivity index (χ4v) is 3.88. The number of amides is 1. The summed E-state index contributed by atoms with van der Waals surface area (Å²) in [6.45, 7) is 1.97. The van der Waals surface area contributed by atoms with Crippen LogP contribution >= 0.6 is 15.9 Å². The van der Waals surface area contributed by atoms with Crippen LogP contribution in [-0.4, -0.2) is 32.9 Å². The van der Waals surface area contributed by atoms with Gasteiger partial charge in [0, 0.05) is 21.4 Å². The fraction of sp³-hybridized carbons (Fsp3) is 0.238. The first-order valence-corrected chi connectivity index (χ1v) is 11.6. The van der Waals surface area contributed by atoms with E-state index in [0.29, 0.717) is 35.4 Å². The number of halogens is 1. The lowest BCUT2D eigenvalue weighted by Crippen LogP contribution is -2.33. The van der Waals surface area contributed by atoms with Gasteiger partial charge in [-0.3, -0.25) is 9.52 Å². The van der Waals surface area contributed by atoms with Crippen molar-refractivity contribution in [2.24, 2.45) is 0 Å². The Morgan fingerprint density at radius 2 is 1.71 bits per heavy atom. The highest BCUT2D eigenvalue weighted by atomic mass is 79.9. The van der Waals surface area contributed by atoms with Crippen molar-refractivity contribution in [3.8, 4) is 0 Å². The Bertz CT molecular complexity index is 1060. The fourth-order valence-electron chi connectivity index (χ4n) is 3.26. The van der Waals surface area contributed by atoms with Crippen LogP contribution < -0.4 is 15.4 Å². The predicted octanol–water partition coefficient (Wildman–Crippen LogP) is 3.21. The summed E-state index contributed by atoms with van der Waals surface area (Å²) in [5, 5.41) is 6.21. The molecule has 0 bridgehead atoms. The maximum Gasteiger partial charge on any atom is 0.335 e. The van der Waals surface area contributed by atoms with Gasteiger partial charge >= 0.3 is 5.97 Å². The van der Waals surface area contributed by atoms with Crippen molar-refractivity contribution in [1.82, 2.24) is 5.32 Å². The summed E-state index contributed by atoms with van der Waals surface area (Å²) in [5.41, 5.74) is 2.46. The number of anilines is 2. The van der Waals surface area contributed by atoms with Gasteiger partial charge in [0.1, 0.15) is 0 Å². The second-order valence-electron chi connectivity index (χ2n) is 6.76. The molecule has 1 aliphatic carbocycles. The molecule has 0 saturated carbocycles. The van der Waals surface area contributed by atoms with Gasteiger partial charge in [0.05, 0.1) is 23.9 Å². The van der Waals surface area contributed by atoms with Crippen molar-refractivity contribution in [3.05, 3.63) is 69.8 Å². The molecule has 1 aliphatic rings. The summed E-state index contributed by atoms with van der Waals surface area (Å²) in [7, 11) is -2.78. The monoisotopic (exact) mass is 507 g/mol. The van der Waals surface area contributed by atoms with Gasteiger partial charge in [0.2, 0.25) is 10.9 Å². The van der Waals surface area contributed by atoms with Crippen LogP contribution in [0.4, 0.5) is 11.4 Å². The topological polar surface area (TPSA) is 114 Å². The van der Waals surface area contributed by atoms with Crippen molar-refractivity contribution in [3.63, 3.8) is 0 Å². The molecule has 0 spiro atoms. The summed E-state index contributed by atoms with van der Waals surface area (Å²) in [5.74, 6) is -0.851.